The highest BCUT2D eigenvalue weighted by molar-refractivity contribution is 6.07. The quantitative estimate of drug-likeness (QED) is 0.703. The molecule has 3 heterocycles. The van der Waals surface area contributed by atoms with Crippen molar-refractivity contribution in [3.05, 3.63) is 53.7 Å². The zero-order chi connectivity index (χ0) is 20.3. The monoisotopic (exact) mass is 396 g/mol. The van der Waals surface area contributed by atoms with E-state index in [0.717, 1.165) is 38.8 Å². The fourth-order valence-corrected chi connectivity index (χ4v) is 4.61. The summed E-state index contributed by atoms with van der Waals surface area (Å²) in [6.07, 6.45) is 5.65. The lowest BCUT2D eigenvalue weighted by Gasteiger charge is -2.38. The number of piperidine rings is 1. The molecule has 7 heteroatoms. The lowest BCUT2D eigenvalue weighted by Crippen LogP contribution is -2.55. The number of hydrogen-bond donors (Lipinski definition) is 2. The first-order chi connectivity index (χ1) is 14.1. The van der Waals surface area contributed by atoms with Gasteiger partial charge in [0.15, 0.2) is 5.89 Å². The average molecular weight is 396 g/mol. The maximum Gasteiger partial charge on any atom is 0.325 e. The third-order valence-electron chi connectivity index (χ3n) is 6.10. The number of amides is 3. The lowest BCUT2D eigenvalue weighted by molar-refractivity contribution is -0.134. The molecule has 1 atom stereocenters. The first kappa shape index (κ1) is 19.6. The van der Waals surface area contributed by atoms with Gasteiger partial charge in [-0.15, -0.1) is 0 Å². The van der Waals surface area contributed by atoms with Gasteiger partial charge < -0.3 is 15.1 Å². The predicted molar refractivity (Wildman–Crippen MR) is 108 cm³/mol. The number of rotatable bonds is 7. The van der Waals surface area contributed by atoms with E-state index >= 15 is 0 Å². The number of aryl methyl sites for hydroxylation is 2. The molecule has 0 saturated carbocycles. The van der Waals surface area contributed by atoms with Crippen molar-refractivity contribution in [2.75, 3.05) is 13.1 Å². The Hall–Kier alpha value is -2.67. The molecule has 154 valence electrons. The molecule has 1 aromatic heterocycles. The average Bonchev–Trinajstić information content (AvgIpc) is 3.26. The number of carbonyl (C=O) groups is 2. The van der Waals surface area contributed by atoms with Gasteiger partial charge in [-0.25, -0.2) is 9.78 Å². The van der Waals surface area contributed by atoms with Crippen LogP contribution in [0.5, 0.6) is 0 Å². The van der Waals surface area contributed by atoms with Crippen molar-refractivity contribution in [2.45, 2.75) is 51.1 Å². The standard InChI is InChI=1S/C22H28N4O3/c1-16-24-19(15-29-16)14-26-20(27)22(25-21(26)28,18-9-12-23-13-10-18)11-5-8-17-6-3-2-4-7-17/h2-4,6-7,15,18,23H,5,8-14H2,1H3,(H,25,28)/t22-/m1/s1. The molecular weight excluding hydrogens is 368 g/mol. The van der Waals surface area contributed by atoms with E-state index in [2.05, 4.69) is 27.8 Å². The van der Waals surface area contributed by atoms with Crippen molar-refractivity contribution >= 4 is 11.9 Å². The molecule has 0 unspecified atom stereocenters. The highest BCUT2D eigenvalue weighted by Crippen LogP contribution is 2.36. The number of aromatic nitrogens is 1. The van der Waals surface area contributed by atoms with Crippen LogP contribution < -0.4 is 10.6 Å². The number of urea groups is 1. The second-order valence-electron chi connectivity index (χ2n) is 8.01. The summed E-state index contributed by atoms with van der Waals surface area (Å²) in [5.74, 6) is 0.544. The van der Waals surface area contributed by atoms with Gasteiger partial charge in [0.2, 0.25) is 0 Å². The maximum atomic E-state index is 13.6. The summed E-state index contributed by atoms with van der Waals surface area (Å²) in [5.41, 5.74) is 1.02. The number of hydrogen-bond acceptors (Lipinski definition) is 5. The third kappa shape index (κ3) is 4.05. The van der Waals surface area contributed by atoms with Crippen LogP contribution in [0.1, 0.15) is 42.8 Å². The van der Waals surface area contributed by atoms with E-state index in [4.69, 9.17) is 4.42 Å². The molecule has 0 radical (unpaired) electrons. The molecule has 7 nitrogen and oxygen atoms in total. The van der Waals surface area contributed by atoms with Crippen LogP contribution >= 0.6 is 0 Å². The molecule has 2 N–H and O–H groups in total. The zero-order valence-electron chi connectivity index (χ0n) is 16.8. The Morgan fingerprint density at radius 2 is 1.97 bits per heavy atom. The minimum absolute atomic E-state index is 0.122. The molecule has 2 aromatic rings. The van der Waals surface area contributed by atoms with Crippen molar-refractivity contribution in [2.24, 2.45) is 5.92 Å². The van der Waals surface area contributed by atoms with Gasteiger partial charge in [0, 0.05) is 6.92 Å². The highest BCUT2D eigenvalue weighted by atomic mass is 16.3. The molecule has 0 aliphatic carbocycles. The first-order valence-corrected chi connectivity index (χ1v) is 10.4. The van der Waals surface area contributed by atoms with E-state index in [9.17, 15) is 9.59 Å². The molecule has 0 bridgehead atoms. The molecule has 2 saturated heterocycles. The molecule has 0 spiro atoms. The number of nitrogens with one attached hydrogen (secondary N) is 2. The van der Waals surface area contributed by atoms with Crippen LogP contribution in [0.15, 0.2) is 41.0 Å². The van der Waals surface area contributed by atoms with Crippen LogP contribution in [0, 0.1) is 12.8 Å². The van der Waals surface area contributed by atoms with E-state index in [1.54, 1.807) is 6.92 Å². The highest BCUT2D eigenvalue weighted by Gasteiger charge is 2.55. The SMILES string of the molecule is Cc1nc(CN2C(=O)N[C@](CCCc3ccccc3)(C3CCNCC3)C2=O)co1. The summed E-state index contributed by atoms with van der Waals surface area (Å²) in [7, 11) is 0. The number of nitrogens with zero attached hydrogens (tertiary/aromatic N) is 2. The van der Waals surface area contributed by atoms with Crippen LogP contribution in [0.4, 0.5) is 4.79 Å². The summed E-state index contributed by atoms with van der Waals surface area (Å²) in [5, 5.41) is 6.46. The molecule has 2 aliphatic rings. The van der Waals surface area contributed by atoms with Crippen molar-refractivity contribution in [1.29, 1.82) is 0 Å². The largest absolute Gasteiger partial charge is 0.449 e. The van der Waals surface area contributed by atoms with E-state index < -0.39 is 5.54 Å². The molecule has 3 amide bonds. The summed E-state index contributed by atoms with van der Waals surface area (Å²) in [4.78, 5) is 31.9. The normalized spacial score (nSPS) is 22.9. The van der Waals surface area contributed by atoms with Crippen molar-refractivity contribution in [3.63, 3.8) is 0 Å². The summed E-state index contributed by atoms with van der Waals surface area (Å²) >= 11 is 0. The summed E-state index contributed by atoms with van der Waals surface area (Å²) in [6.45, 7) is 3.64. The molecule has 1 aromatic carbocycles. The van der Waals surface area contributed by atoms with E-state index in [-0.39, 0.29) is 24.4 Å². The Morgan fingerprint density at radius 3 is 2.66 bits per heavy atom. The van der Waals surface area contributed by atoms with Gasteiger partial charge >= 0.3 is 6.03 Å². The number of oxazole rings is 1. The second kappa shape index (κ2) is 8.37. The van der Waals surface area contributed by atoms with Gasteiger partial charge in [-0.1, -0.05) is 30.3 Å². The van der Waals surface area contributed by atoms with Crippen LogP contribution in [-0.2, 0) is 17.8 Å². The van der Waals surface area contributed by atoms with Crippen LogP contribution in [0.2, 0.25) is 0 Å². The Kier molecular flexibility index (Phi) is 5.67. The van der Waals surface area contributed by atoms with E-state index in [1.165, 1.54) is 16.7 Å². The Labute approximate surface area is 170 Å². The third-order valence-corrected chi connectivity index (χ3v) is 6.10. The van der Waals surface area contributed by atoms with E-state index in [0.29, 0.717) is 18.0 Å². The molecule has 2 fully saturated rings. The van der Waals surface area contributed by atoms with Crippen molar-refractivity contribution < 1.29 is 14.0 Å². The maximum absolute atomic E-state index is 13.6. The van der Waals surface area contributed by atoms with Gasteiger partial charge in [-0.2, -0.15) is 0 Å². The van der Waals surface area contributed by atoms with Gasteiger partial charge in [-0.3, -0.25) is 9.69 Å². The van der Waals surface area contributed by atoms with Crippen LogP contribution in [0.25, 0.3) is 0 Å². The Morgan fingerprint density at radius 1 is 1.21 bits per heavy atom. The molecular formula is C22H28N4O3. The smallest absolute Gasteiger partial charge is 0.325 e. The van der Waals surface area contributed by atoms with Gasteiger partial charge in [0.05, 0.1) is 12.2 Å². The molecule has 2 aliphatic heterocycles. The Bertz CT molecular complexity index is 860. The number of imide groups is 1. The molecule has 4 rings (SSSR count). The Balaban J connectivity index is 1.53. The number of benzene rings is 1. The topological polar surface area (TPSA) is 87.5 Å². The fraction of sp³-hybridized carbons (Fsp3) is 0.500. The minimum atomic E-state index is -0.827. The summed E-state index contributed by atoms with van der Waals surface area (Å²) < 4.78 is 5.24. The van der Waals surface area contributed by atoms with Gasteiger partial charge in [-0.05, 0) is 56.7 Å². The van der Waals surface area contributed by atoms with Gasteiger partial charge in [0.1, 0.15) is 11.8 Å². The fourth-order valence-electron chi connectivity index (χ4n) is 4.61. The van der Waals surface area contributed by atoms with Crippen molar-refractivity contribution in [3.8, 4) is 0 Å². The van der Waals surface area contributed by atoms with Crippen LogP contribution in [-0.4, -0.2) is 40.5 Å². The van der Waals surface area contributed by atoms with Crippen LogP contribution in [0.3, 0.4) is 0 Å². The van der Waals surface area contributed by atoms with E-state index in [1.807, 2.05) is 18.2 Å². The number of carbonyl (C=O) groups excluding carboxylic acids is 2. The second-order valence-corrected chi connectivity index (χ2v) is 8.01. The minimum Gasteiger partial charge on any atom is -0.449 e. The van der Waals surface area contributed by atoms with Gasteiger partial charge in [0.25, 0.3) is 5.91 Å². The summed E-state index contributed by atoms with van der Waals surface area (Å²) in [6, 6.07) is 9.94. The van der Waals surface area contributed by atoms with Crippen molar-refractivity contribution in [1.82, 2.24) is 20.5 Å². The zero-order valence-corrected chi connectivity index (χ0v) is 16.8. The first-order valence-electron chi connectivity index (χ1n) is 10.4. The molecule has 29 heavy (non-hydrogen) atoms. The lowest BCUT2D eigenvalue weighted by atomic mass is 9.74. The predicted octanol–water partition coefficient (Wildman–Crippen LogP) is 2.80.